The van der Waals surface area contributed by atoms with Crippen LogP contribution >= 0.6 is 0 Å². The number of halogens is 2. The van der Waals surface area contributed by atoms with Gasteiger partial charge < -0.3 is 39.9 Å². The third kappa shape index (κ3) is 8.36. The second-order valence-electron chi connectivity index (χ2n) is 17.0. The molecule has 0 spiro atoms. The first-order valence-electron chi connectivity index (χ1n) is 21.5. The van der Waals surface area contributed by atoms with Crippen molar-refractivity contribution < 1.29 is 37.4 Å². The number of likely N-dealkylation sites (tertiary alicyclic amines) is 1. The Bertz CT molecular complexity index is 2630. The third-order valence-electron chi connectivity index (χ3n) is 12.3. The maximum Gasteiger partial charge on any atom is 0.407 e. The number of nitrogens with zero attached hydrogens (tertiary/aromatic N) is 5. The monoisotopic (exact) mass is 877 g/mol. The number of carbonyl (C=O) groups is 4. The van der Waals surface area contributed by atoms with E-state index in [1.165, 1.54) is 37.4 Å². The number of H-pyrrole nitrogens is 2. The number of hydrogen-bond donors (Lipinski definition) is 4. The largest absolute Gasteiger partial charge is 0.453 e. The predicted molar refractivity (Wildman–Crippen MR) is 234 cm³/mol. The standard InChI is InChI=1S/C47H53F2N9O6/c1-9-37(57(10-2)43(59)39(24(3)4)55-45(61)63-7)42-52-34-16-13-28(20-35(34)53-42)27-11-14-30-31-15-12-29(19-33(31)47(48,49)32(30)18-27)36-22-51-41(54-36)38-17-26(21-50)23-58(38)44(60)40(25(5)6)56-46(62)64-8/h11-16,18-20,22,24-26,37-40H,9-10,17,23H2,1-8H3,(H,51,54)(H,52,53)(H,55,61)(H,56,62)/t26-,37+,38+,39+,40+/m1/s1. The number of aromatic nitrogens is 4. The minimum atomic E-state index is -3.33. The second-order valence-corrected chi connectivity index (χ2v) is 17.0. The van der Waals surface area contributed by atoms with Gasteiger partial charge in [0.25, 0.3) is 5.92 Å². The molecule has 64 heavy (non-hydrogen) atoms. The van der Waals surface area contributed by atoms with Crippen molar-refractivity contribution in [1.29, 1.82) is 5.26 Å². The molecule has 1 aliphatic heterocycles. The molecule has 336 valence electrons. The van der Waals surface area contributed by atoms with Gasteiger partial charge in [-0.2, -0.15) is 14.0 Å². The summed E-state index contributed by atoms with van der Waals surface area (Å²) in [5.41, 5.74) is 4.09. The number of nitrogens with one attached hydrogen (secondary N) is 4. The van der Waals surface area contributed by atoms with Crippen LogP contribution in [0.15, 0.2) is 60.8 Å². The predicted octanol–water partition coefficient (Wildman–Crippen LogP) is 8.21. The number of alkyl carbamates (subject to hydrolysis) is 2. The van der Waals surface area contributed by atoms with Gasteiger partial charge in [-0.1, -0.05) is 65.0 Å². The maximum atomic E-state index is 16.6. The number of methoxy groups -OCH3 is 2. The Labute approximate surface area is 369 Å². The number of aromatic amines is 2. The van der Waals surface area contributed by atoms with Crippen molar-refractivity contribution in [3.05, 3.63) is 83.6 Å². The third-order valence-corrected chi connectivity index (χ3v) is 12.3. The average molecular weight is 878 g/mol. The van der Waals surface area contributed by atoms with Crippen LogP contribution in [0.2, 0.25) is 0 Å². The number of alkyl halides is 2. The topological polar surface area (TPSA) is 198 Å². The van der Waals surface area contributed by atoms with Gasteiger partial charge in [0, 0.05) is 29.8 Å². The van der Waals surface area contributed by atoms with Crippen LogP contribution in [0.4, 0.5) is 18.4 Å². The Balaban J connectivity index is 1.13. The summed E-state index contributed by atoms with van der Waals surface area (Å²) in [5, 5.41) is 15.1. The molecule has 0 unspecified atom stereocenters. The fraction of sp³-hybridized carbons (Fsp3) is 0.426. The molecule has 0 radical (unpaired) electrons. The van der Waals surface area contributed by atoms with Crippen molar-refractivity contribution in [2.75, 3.05) is 27.3 Å². The zero-order valence-corrected chi connectivity index (χ0v) is 37.1. The van der Waals surface area contributed by atoms with Crippen LogP contribution in [0.25, 0.3) is 44.5 Å². The molecule has 7 rings (SSSR count). The van der Waals surface area contributed by atoms with Gasteiger partial charge in [0.2, 0.25) is 11.8 Å². The summed E-state index contributed by atoms with van der Waals surface area (Å²) in [6.45, 7) is 11.6. The van der Waals surface area contributed by atoms with Gasteiger partial charge >= 0.3 is 12.2 Å². The molecule has 0 saturated carbocycles. The summed E-state index contributed by atoms with van der Waals surface area (Å²) in [4.78, 5) is 70.9. The summed E-state index contributed by atoms with van der Waals surface area (Å²) in [5.74, 6) is -3.96. The van der Waals surface area contributed by atoms with Gasteiger partial charge in [0.1, 0.15) is 23.7 Å². The number of amides is 4. The molecule has 5 aromatic rings. The van der Waals surface area contributed by atoms with Gasteiger partial charge in [-0.3, -0.25) is 9.59 Å². The summed E-state index contributed by atoms with van der Waals surface area (Å²) in [6.07, 6.45) is 0.940. The molecular weight excluding hydrogens is 825 g/mol. The van der Waals surface area contributed by atoms with Crippen molar-refractivity contribution in [1.82, 2.24) is 40.4 Å². The van der Waals surface area contributed by atoms with Crippen LogP contribution in [0, 0.1) is 29.1 Å². The highest BCUT2D eigenvalue weighted by Gasteiger charge is 2.45. The molecule has 2 aliphatic rings. The molecule has 1 aliphatic carbocycles. The first kappa shape index (κ1) is 45.2. The lowest BCUT2D eigenvalue weighted by Gasteiger charge is -2.33. The van der Waals surface area contributed by atoms with E-state index in [9.17, 15) is 24.4 Å². The van der Waals surface area contributed by atoms with Gasteiger partial charge in [-0.15, -0.1) is 0 Å². The van der Waals surface area contributed by atoms with E-state index in [0.717, 1.165) is 0 Å². The van der Waals surface area contributed by atoms with E-state index in [1.54, 1.807) is 36.9 Å². The number of imidazole rings is 2. The van der Waals surface area contributed by atoms with Crippen LogP contribution < -0.4 is 10.6 Å². The summed E-state index contributed by atoms with van der Waals surface area (Å²) in [6, 6.07) is 14.9. The maximum absolute atomic E-state index is 16.6. The molecule has 3 aromatic carbocycles. The average Bonchev–Trinajstić information content (AvgIpc) is 4.09. The molecule has 3 heterocycles. The van der Waals surface area contributed by atoms with Crippen LogP contribution in [0.1, 0.15) is 89.2 Å². The molecule has 1 fully saturated rings. The second kappa shape index (κ2) is 18.1. The van der Waals surface area contributed by atoms with Crippen molar-refractivity contribution in [2.45, 2.75) is 84.5 Å². The zero-order valence-electron chi connectivity index (χ0n) is 37.1. The molecule has 4 amide bonds. The lowest BCUT2D eigenvalue weighted by atomic mass is 9.98. The molecule has 17 heteroatoms. The Kier molecular flexibility index (Phi) is 12.8. The van der Waals surface area contributed by atoms with E-state index < -0.39 is 48.2 Å². The summed E-state index contributed by atoms with van der Waals surface area (Å²) in [7, 11) is 2.46. The quantitative estimate of drug-likeness (QED) is 0.0900. The van der Waals surface area contributed by atoms with Gasteiger partial charge in [0.05, 0.1) is 61.2 Å². The number of likely N-dealkylation sites (N-methyl/N-ethyl adjacent to an activating group) is 1. The first-order valence-corrected chi connectivity index (χ1v) is 21.5. The highest BCUT2D eigenvalue weighted by Crippen LogP contribution is 2.53. The Morgan fingerprint density at radius 1 is 0.891 bits per heavy atom. The van der Waals surface area contributed by atoms with Gasteiger partial charge in [-0.25, -0.2) is 19.6 Å². The highest BCUT2D eigenvalue weighted by molar-refractivity contribution is 5.89. The van der Waals surface area contributed by atoms with Crippen molar-refractivity contribution in [2.24, 2.45) is 17.8 Å². The lowest BCUT2D eigenvalue weighted by molar-refractivity contribution is -0.137. The van der Waals surface area contributed by atoms with Crippen molar-refractivity contribution in [3.8, 4) is 39.6 Å². The van der Waals surface area contributed by atoms with E-state index in [-0.39, 0.29) is 41.3 Å². The normalized spacial score (nSPS) is 17.6. The number of ether oxygens (including phenoxy) is 2. The van der Waals surface area contributed by atoms with Crippen molar-refractivity contribution in [3.63, 3.8) is 0 Å². The number of nitriles is 1. The Morgan fingerprint density at radius 2 is 1.48 bits per heavy atom. The summed E-state index contributed by atoms with van der Waals surface area (Å²) >= 11 is 0. The fourth-order valence-corrected chi connectivity index (χ4v) is 8.87. The molecule has 4 N–H and O–H groups in total. The number of carbonyl (C=O) groups excluding carboxylic acids is 4. The minimum Gasteiger partial charge on any atom is -0.453 e. The number of hydrogen-bond acceptors (Lipinski definition) is 9. The zero-order chi connectivity index (χ0) is 46.2. The highest BCUT2D eigenvalue weighted by atomic mass is 19.3. The number of benzene rings is 3. The Hall–Kier alpha value is -6.83. The van der Waals surface area contributed by atoms with E-state index in [2.05, 4.69) is 31.7 Å². The van der Waals surface area contributed by atoms with Crippen LogP contribution in [0.5, 0.6) is 0 Å². The van der Waals surface area contributed by atoms with E-state index in [1.807, 2.05) is 52.0 Å². The summed E-state index contributed by atoms with van der Waals surface area (Å²) < 4.78 is 42.7. The van der Waals surface area contributed by atoms with Crippen LogP contribution in [0.3, 0.4) is 0 Å². The first-order chi connectivity index (χ1) is 30.5. The van der Waals surface area contributed by atoms with Crippen LogP contribution in [-0.4, -0.2) is 93.1 Å². The number of fused-ring (bicyclic) bond motifs is 4. The molecule has 1 saturated heterocycles. The molecule has 0 bridgehead atoms. The SMILES string of the molecule is CC[C@@H](c1nc2ccc(-c3ccc4c(c3)C(F)(F)c3cc(-c5cnc([C@@H]6C[C@H](C#N)CN6C(=O)[C@@H](NC(=O)OC)C(C)C)[nH]5)ccc3-4)cc2[nH]1)N(CC)C(=O)[C@@H](NC(=O)OC)C(C)C. The van der Waals surface area contributed by atoms with Crippen LogP contribution in [-0.2, 0) is 25.0 Å². The Morgan fingerprint density at radius 3 is 2.08 bits per heavy atom. The fourth-order valence-electron chi connectivity index (χ4n) is 8.87. The molecular formula is C47H53F2N9O6. The van der Waals surface area contributed by atoms with E-state index in [4.69, 9.17) is 14.5 Å². The van der Waals surface area contributed by atoms with Gasteiger partial charge in [0.15, 0.2) is 0 Å². The molecule has 5 atom stereocenters. The molecule has 15 nitrogen and oxygen atoms in total. The van der Waals surface area contributed by atoms with Gasteiger partial charge in [-0.05, 0) is 78.1 Å². The van der Waals surface area contributed by atoms with Crippen molar-refractivity contribution >= 4 is 35.0 Å². The smallest absolute Gasteiger partial charge is 0.407 e. The lowest BCUT2D eigenvalue weighted by Crippen LogP contribution is -2.52. The van der Waals surface area contributed by atoms with E-state index >= 15 is 8.78 Å². The number of rotatable bonds is 13. The van der Waals surface area contributed by atoms with E-state index in [0.29, 0.717) is 75.6 Å². The molecule has 2 aromatic heterocycles. The minimum absolute atomic E-state index is 0.126.